The minimum Gasteiger partial charge on any atom is -0.482 e. The summed E-state index contributed by atoms with van der Waals surface area (Å²) >= 11 is 12.5. The fourth-order valence-electron chi connectivity index (χ4n) is 4.16. The van der Waals surface area contributed by atoms with Crippen molar-refractivity contribution < 1.29 is 42.1 Å². The van der Waals surface area contributed by atoms with E-state index in [1.807, 2.05) is 0 Å². The van der Waals surface area contributed by atoms with Gasteiger partial charge in [0, 0.05) is 24.2 Å². The van der Waals surface area contributed by atoms with Crippen molar-refractivity contribution >= 4 is 40.8 Å². The van der Waals surface area contributed by atoms with Gasteiger partial charge in [-0.15, -0.1) is 0 Å². The first kappa shape index (κ1) is 28.5. The number of carbonyl (C=O) groups excluding carboxylic acids is 2. The number of anilines is 1. The summed E-state index contributed by atoms with van der Waals surface area (Å²) in [5, 5.41) is 11.1. The summed E-state index contributed by atoms with van der Waals surface area (Å²) in [5.74, 6) is -2.47. The second kappa shape index (κ2) is 10.6. The van der Waals surface area contributed by atoms with E-state index in [-0.39, 0.29) is 50.8 Å². The highest BCUT2D eigenvalue weighted by molar-refractivity contribution is 6.32. The number of ether oxygens (including phenoxy) is 3. The number of rotatable bonds is 6. The number of aliphatic hydroxyl groups is 1. The third-order valence-electron chi connectivity index (χ3n) is 6.43. The van der Waals surface area contributed by atoms with E-state index in [2.05, 4.69) is 9.72 Å². The van der Waals surface area contributed by atoms with Crippen LogP contribution in [0.15, 0.2) is 48.7 Å². The van der Waals surface area contributed by atoms with Crippen molar-refractivity contribution in [3.05, 3.63) is 75.4 Å². The van der Waals surface area contributed by atoms with E-state index in [4.69, 9.17) is 32.7 Å². The third-order valence-corrected chi connectivity index (χ3v) is 7.02. The van der Waals surface area contributed by atoms with Gasteiger partial charge in [0.05, 0.1) is 18.4 Å². The minimum absolute atomic E-state index is 0.0160. The number of amides is 1. The van der Waals surface area contributed by atoms with Gasteiger partial charge < -0.3 is 24.2 Å². The smallest absolute Gasteiger partial charge is 0.422 e. The highest BCUT2D eigenvalue weighted by Crippen LogP contribution is 2.51. The Bertz CT molecular complexity index is 1450. The highest BCUT2D eigenvalue weighted by Gasteiger charge is 2.59. The SMILES string of the molecule is COC(=O)c1cnc(Oc2ccc([C@@H](C)[C@@](O)(c3ccc4c(c3)N(C)C(=O)CO4)C(F)(F)F)c(Cl)c2)c(Cl)c1. The average Bonchev–Trinajstić information content (AvgIpc) is 2.90. The number of alkyl halides is 3. The number of carbonyl (C=O) groups is 2. The first-order valence-electron chi connectivity index (χ1n) is 11.3. The van der Waals surface area contributed by atoms with E-state index in [0.29, 0.717) is 0 Å². The number of aromatic nitrogens is 1. The molecule has 39 heavy (non-hydrogen) atoms. The van der Waals surface area contributed by atoms with Gasteiger partial charge in [0.2, 0.25) is 5.88 Å². The predicted molar refractivity (Wildman–Crippen MR) is 136 cm³/mol. The third kappa shape index (κ3) is 5.21. The zero-order chi connectivity index (χ0) is 28.7. The Labute approximate surface area is 230 Å². The van der Waals surface area contributed by atoms with Crippen LogP contribution in [0.4, 0.5) is 18.9 Å². The Morgan fingerprint density at radius 2 is 1.87 bits per heavy atom. The standard InChI is InChI=1S/C26H21Cl2F3N2O6/c1-13(25(36,26(29,30)31)15-4-7-21-20(9-15)33(2)22(34)12-38-21)17-6-5-16(10-18(17)27)39-23-19(28)8-14(11-32-23)24(35)37-3/h4-11,13,36H,12H2,1-3H3/t13-,25-/m1/s1. The summed E-state index contributed by atoms with van der Waals surface area (Å²) in [6.45, 7) is 0.937. The van der Waals surface area contributed by atoms with Crippen LogP contribution in [-0.4, -0.2) is 48.9 Å². The lowest BCUT2D eigenvalue weighted by molar-refractivity contribution is -0.274. The second-order valence-corrected chi connectivity index (χ2v) is 9.51. The molecular weight excluding hydrogens is 564 g/mol. The van der Waals surface area contributed by atoms with Crippen molar-refractivity contribution in [2.75, 3.05) is 25.7 Å². The van der Waals surface area contributed by atoms with Crippen molar-refractivity contribution in [1.29, 1.82) is 0 Å². The maximum atomic E-state index is 14.5. The Balaban J connectivity index is 1.68. The lowest BCUT2D eigenvalue weighted by Gasteiger charge is -2.38. The molecule has 0 saturated carbocycles. The molecule has 0 spiro atoms. The summed E-state index contributed by atoms with van der Waals surface area (Å²) in [7, 11) is 2.60. The molecule has 1 aliphatic heterocycles. The molecule has 0 bridgehead atoms. The van der Waals surface area contributed by atoms with Crippen molar-refractivity contribution in [2.45, 2.75) is 24.6 Å². The van der Waals surface area contributed by atoms with Gasteiger partial charge in [0.15, 0.2) is 12.2 Å². The first-order valence-corrected chi connectivity index (χ1v) is 12.1. The van der Waals surface area contributed by atoms with Crippen LogP contribution < -0.4 is 14.4 Å². The first-order chi connectivity index (χ1) is 18.3. The van der Waals surface area contributed by atoms with Gasteiger partial charge in [-0.05, 0) is 41.5 Å². The maximum absolute atomic E-state index is 14.5. The van der Waals surface area contributed by atoms with Gasteiger partial charge in [-0.2, -0.15) is 13.2 Å². The molecule has 8 nitrogen and oxygen atoms in total. The van der Waals surface area contributed by atoms with E-state index in [1.54, 1.807) is 0 Å². The number of benzene rings is 2. The van der Waals surface area contributed by atoms with Crippen LogP contribution in [0.2, 0.25) is 10.0 Å². The summed E-state index contributed by atoms with van der Waals surface area (Å²) in [4.78, 5) is 28.8. The van der Waals surface area contributed by atoms with Crippen molar-refractivity contribution in [2.24, 2.45) is 0 Å². The van der Waals surface area contributed by atoms with Crippen molar-refractivity contribution in [3.63, 3.8) is 0 Å². The highest BCUT2D eigenvalue weighted by atomic mass is 35.5. The maximum Gasteiger partial charge on any atom is 0.422 e. The zero-order valence-electron chi connectivity index (χ0n) is 20.7. The fourth-order valence-corrected chi connectivity index (χ4v) is 4.70. The van der Waals surface area contributed by atoms with Crippen molar-refractivity contribution in [3.8, 4) is 17.4 Å². The van der Waals surface area contributed by atoms with Crippen LogP contribution in [0, 0.1) is 0 Å². The minimum atomic E-state index is -5.13. The molecule has 4 rings (SSSR count). The van der Waals surface area contributed by atoms with Gasteiger partial charge in [-0.1, -0.05) is 42.3 Å². The topological polar surface area (TPSA) is 98.2 Å². The summed E-state index contributed by atoms with van der Waals surface area (Å²) in [6.07, 6.45) is -3.95. The quantitative estimate of drug-likeness (QED) is 0.361. The Kier molecular flexibility index (Phi) is 7.70. The molecule has 1 amide bonds. The van der Waals surface area contributed by atoms with Crippen LogP contribution in [0.1, 0.15) is 34.3 Å². The van der Waals surface area contributed by atoms with Crippen LogP contribution in [0.3, 0.4) is 0 Å². The number of hydrogen-bond donors (Lipinski definition) is 1. The molecule has 2 aromatic carbocycles. The number of esters is 1. The molecule has 206 valence electrons. The lowest BCUT2D eigenvalue weighted by atomic mass is 9.77. The molecule has 3 aromatic rings. The molecule has 1 aliphatic rings. The van der Waals surface area contributed by atoms with E-state index >= 15 is 0 Å². The number of hydrogen-bond acceptors (Lipinski definition) is 7. The molecule has 0 radical (unpaired) electrons. The van der Waals surface area contributed by atoms with Crippen LogP contribution in [-0.2, 0) is 15.1 Å². The molecule has 2 atom stereocenters. The van der Waals surface area contributed by atoms with Crippen LogP contribution in [0.25, 0.3) is 0 Å². The number of nitrogens with zero attached hydrogens (tertiary/aromatic N) is 2. The van der Waals surface area contributed by atoms with Gasteiger partial charge in [0.25, 0.3) is 5.91 Å². The number of fused-ring (bicyclic) bond motifs is 1. The normalized spacial score (nSPS) is 15.6. The summed E-state index contributed by atoms with van der Waals surface area (Å²) < 4.78 is 59.0. The Morgan fingerprint density at radius 3 is 2.49 bits per heavy atom. The Hall–Kier alpha value is -3.54. The molecule has 0 unspecified atom stereocenters. The van der Waals surface area contributed by atoms with Crippen LogP contribution >= 0.6 is 23.2 Å². The molecular formula is C26H21Cl2F3N2O6. The number of halogens is 5. The van der Waals surface area contributed by atoms with E-state index in [1.165, 1.54) is 62.5 Å². The molecule has 2 heterocycles. The second-order valence-electron chi connectivity index (χ2n) is 8.70. The largest absolute Gasteiger partial charge is 0.482 e. The van der Waals surface area contributed by atoms with E-state index < -0.39 is 35.1 Å². The van der Waals surface area contributed by atoms with E-state index in [0.717, 1.165) is 12.1 Å². The van der Waals surface area contributed by atoms with E-state index in [9.17, 15) is 27.9 Å². The molecule has 1 N–H and O–H groups in total. The van der Waals surface area contributed by atoms with Gasteiger partial charge in [0.1, 0.15) is 16.5 Å². The lowest BCUT2D eigenvalue weighted by Crippen LogP contribution is -2.47. The zero-order valence-corrected chi connectivity index (χ0v) is 22.2. The average molecular weight is 585 g/mol. The van der Waals surface area contributed by atoms with Gasteiger partial charge >= 0.3 is 12.1 Å². The predicted octanol–water partition coefficient (Wildman–Crippen LogP) is 5.88. The molecule has 13 heteroatoms. The summed E-state index contributed by atoms with van der Waals surface area (Å²) in [6, 6.07) is 8.62. The van der Waals surface area contributed by atoms with Crippen LogP contribution in [0.5, 0.6) is 17.4 Å². The fraction of sp³-hybridized carbons (Fsp3) is 0.269. The van der Waals surface area contributed by atoms with Gasteiger partial charge in [-0.25, -0.2) is 9.78 Å². The van der Waals surface area contributed by atoms with Crippen molar-refractivity contribution in [1.82, 2.24) is 4.98 Å². The molecule has 0 fully saturated rings. The Morgan fingerprint density at radius 1 is 1.15 bits per heavy atom. The number of pyridine rings is 1. The number of likely N-dealkylation sites (N-methyl/N-ethyl adjacent to an activating group) is 1. The van der Waals surface area contributed by atoms with Gasteiger partial charge in [-0.3, -0.25) is 4.79 Å². The molecule has 1 aromatic heterocycles. The number of methoxy groups -OCH3 is 1. The summed E-state index contributed by atoms with van der Waals surface area (Å²) in [5.41, 5.74) is -3.72. The monoisotopic (exact) mass is 584 g/mol. The molecule has 0 aliphatic carbocycles. The molecule has 0 saturated heterocycles.